The molecule has 0 spiro atoms. The molecule has 0 aliphatic rings. The third-order valence-electron chi connectivity index (χ3n) is 16.5. The lowest BCUT2D eigenvalue weighted by Gasteiger charge is -2.21. The predicted molar refractivity (Wildman–Crippen MR) is 436 cm³/mol. The predicted octanol–water partition coefficient (Wildman–Crippen LogP) is 24.0. The molecule has 0 fully saturated rings. The quantitative estimate of drug-likeness (QED) is 0.0169. The van der Waals surface area contributed by atoms with Crippen molar-refractivity contribution in [3.63, 3.8) is 0 Å². The van der Waals surface area contributed by atoms with E-state index in [1.54, 1.807) is 0 Å². The van der Waals surface area contributed by atoms with E-state index in [4.69, 9.17) is 37.0 Å². The van der Waals surface area contributed by atoms with Gasteiger partial charge in [0.1, 0.15) is 19.3 Å². The Hall–Kier alpha value is -5.32. The maximum absolute atomic E-state index is 13.1. The lowest BCUT2D eigenvalue weighted by Crippen LogP contribution is -2.30. The van der Waals surface area contributed by atoms with Gasteiger partial charge in [-0.3, -0.25) is 37.3 Å². The molecule has 5 atom stereocenters. The first-order valence-electron chi connectivity index (χ1n) is 40.7. The zero-order valence-electron chi connectivity index (χ0n) is 66.1. The normalized spacial score (nSPS) is 14.7. The van der Waals surface area contributed by atoms with E-state index < -0.39 is 97.5 Å². The Morgan fingerprint density at radius 2 is 0.491 bits per heavy atom. The van der Waals surface area contributed by atoms with Crippen molar-refractivity contribution in [3.05, 3.63) is 158 Å². The zero-order valence-corrected chi connectivity index (χ0v) is 67.8. The standard InChI is InChI=1S/C87H144O17P2/c1-5-9-13-17-21-25-29-33-36-39-40-43-46-50-54-58-62-66-70-74-87(92)104-83(78-98-85(90)72-68-64-60-56-52-48-44-41-37-34-30-26-22-18-14-10-6-2)80-102-106(95,96)100-76-81(88)75-99-105(93,94)101-79-82(77-97-84(89)71-67-63-59-55-51-47-32-28-24-20-16-12-8-4)103-86(91)73-69-65-61-57-53-49-45-42-38-35-31-27-23-19-15-11-7-3/h21-23,25-27,33-38,40,43-45,48-50,54,56-57,60-62,66,81-83,88H,5-20,24,28-32,39,41-42,46-47,51-53,55,58-59,63-65,67-80H2,1-4H3,(H,93,94)(H,95,96)/b25-21-,26-22-,27-23-,36-33-,37-34-,38-35-,43-40-,48-44-,49-45-,54-50-,60-56-,61-57-,66-62-/t81-,82+,83+/m0/s1. The van der Waals surface area contributed by atoms with Gasteiger partial charge in [0.2, 0.25) is 0 Å². The number of unbranched alkanes of at least 4 members (excludes halogenated alkanes) is 23. The third kappa shape index (κ3) is 76.9. The van der Waals surface area contributed by atoms with Crippen molar-refractivity contribution in [3.8, 4) is 0 Å². The number of rotatable bonds is 75. The highest BCUT2D eigenvalue weighted by Crippen LogP contribution is 2.45. The molecule has 0 amide bonds. The van der Waals surface area contributed by atoms with Crippen molar-refractivity contribution in [1.29, 1.82) is 0 Å². The second-order valence-electron chi connectivity index (χ2n) is 26.7. The number of aliphatic hydroxyl groups excluding tert-OH is 1. The number of phosphoric ester groups is 2. The van der Waals surface area contributed by atoms with Gasteiger partial charge in [0, 0.05) is 25.7 Å². The van der Waals surface area contributed by atoms with Crippen LogP contribution in [0.5, 0.6) is 0 Å². The highest BCUT2D eigenvalue weighted by Gasteiger charge is 2.30. The summed E-state index contributed by atoms with van der Waals surface area (Å²) in [5.74, 6) is -2.41. The topological polar surface area (TPSA) is 237 Å². The average molecular weight is 1520 g/mol. The minimum Gasteiger partial charge on any atom is -0.462 e. The number of carbonyl (C=O) groups excluding carboxylic acids is 4. The van der Waals surface area contributed by atoms with Crippen LogP contribution in [0, 0.1) is 0 Å². The van der Waals surface area contributed by atoms with Crippen molar-refractivity contribution < 1.29 is 80.2 Å². The van der Waals surface area contributed by atoms with Crippen molar-refractivity contribution in [2.75, 3.05) is 39.6 Å². The molecule has 604 valence electrons. The molecule has 0 rings (SSSR count). The first kappa shape index (κ1) is 101. The number of hydrogen-bond donors (Lipinski definition) is 3. The minimum atomic E-state index is -5.02. The van der Waals surface area contributed by atoms with Gasteiger partial charge in [0.15, 0.2) is 12.2 Å². The molecule has 0 saturated heterocycles. The van der Waals surface area contributed by atoms with Gasteiger partial charge < -0.3 is 33.8 Å². The Balaban J connectivity index is 5.54. The smallest absolute Gasteiger partial charge is 0.462 e. The van der Waals surface area contributed by atoms with Crippen molar-refractivity contribution >= 4 is 39.5 Å². The lowest BCUT2D eigenvalue weighted by molar-refractivity contribution is -0.161. The van der Waals surface area contributed by atoms with Crippen LogP contribution in [0.1, 0.15) is 310 Å². The Morgan fingerprint density at radius 3 is 0.802 bits per heavy atom. The van der Waals surface area contributed by atoms with Gasteiger partial charge in [0.05, 0.1) is 26.4 Å². The van der Waals surface area contributed by atoms with Crippen LogP contribution in [0.3, 0.4) is 0 Å². The summed E-state index contributed by atoms with van der Waals surface area (Å²) in [5.41, 5.74) is 0. The number of allylic oxidation sites excluding steroid dienone is 26. The molecule has 19 heteroatoms. The van der Waals surface area contributed by atoms with Crippen LogP contribution in [-0.2, 0) is 65.4 Å². The molecule has 0 aromatic heterocycles. The third-order valence-corrected chi connectivity index (χ3v) is 18.4. The summed E-state index contributed by atoms with van der Waals surface area (Å²) in [6.45, 7) is 4.58. The summed E-state index contributed by atoms with van der Waals surface area (Å²) in [7, 11) is -10.0. The number of ether oxygens (including phenoxy) is 4. The van der Waals surface area contributed by atoms with E-state index in [9.17, 15) is 43.2 Å². The highest BCUT2D eigenvalue weighted by atomic mass is 31.2. The maximum atomic E-state index is 13.1. The number of phosphoric acid groups is 2. The first-order valence-corrected chi connectivity index (χ1v) is 43.7. The first-order chi connectivity index (χ1) is 51.7. The summed E-state index contributed by atoms with van der Waals surface area (Å²) in [6, 6.07) is 0. The Bertz CT molecular complexity index is 2630. The summed E-state index contributed by atoms with van der Waals surface area (Å²) < 4.78 is 68.4. The Morgan fingerprint density at radius 1 is 0.264 bits per heavy atom. The van der Waals surface area contributed by atoms with E-state index in [-0.39, 0.29) is 25.7 Å². The summed E-state index contributed by atoms with van der Waals surface area (Å²) in [6.07, 6.45) is 91.1. The fourth-order valence-corrected chi connectivity index (χ4v) is 11.8. The molecule has 0 saturated carbocycles. The maximum Gasteiger partial charge on any atom is 0.472 e. The van der Waals surface area contributed by atoms with E-state index in [0.29, 0.717) is 44.9 Å². The van der Waals surface area contributed by atoms with Crippen LogP contribution in [-0.4, -0.2) is 96.7 Å². The van der Waals surface area contributed by atoms with Gasteiger partial charge in [0.25, 0.3) is 0 Å². The Labute approximate surface area is 642 Å². The van der Waals surface area contributed by atoms with E-state index in [2.05, 4.69) is 143 Å². The molecular formula is C87H144O17P2. The van der Waals surface area contributed by atoms with E-state index >= 15 is 0 Å². The van der Waals surface area contributed by atoms with Crippen LogP contribution in [0.4, 0.5) is 0 Å². The van der Waals surface area contributed by atoms with Gasteiger partial charge in [-0.2, -0.15) is 0 Å². The number of esters is 4. The van der Waals surface area contributed by atoms with Crippen LogP contribution in [0.2, 0.25) is 0 Å². The molecule has 0 aromatic rings. The van der Waals surface area contributed by atoms with E-state index in [0.717, 1.165) is 103 Å². The molecule has 17 nitrogen and oxygen atoms in total. The van der Waals surface area contributed by atoms with E-state index in [1.165, 1.54) is 109 Å². The number of hydrogen-bond acceptors (Lipinski definition) is 15. The molecule has 106 heavy (non-hydrogen) atoms. The summed E-state index contributed by atoms with van der Waals surface area (Å²) >= 11 is 0. The van der Waals surface area contributed by atoms with Gasteiger partial charge in [-0.15, -0.1) is 0 Å². The molecule has 0 aromatic carbocycles. The molecule has 3 N–H and O–H groups in total. The van der Waals surface area contributed by atoms with Crippen LogP contribution >= 0.6 is 15.6 Å². The second kappa shape index (κ2) is 77.8. The molecule has 0 bridgehead atoms. The summed E-state index contributed by atoms with van der Waals surface area (Å²) in [4.78, 5) is 73.0. The van der Waals surface area contributed by atoms with Crippen LogP contribution in [0.15, 0.2) is 158 Å². The van der Waals surface area contributed by atoms with Gasteiger partial charge in [-0.1, -0.05) is 301 Å². The number of aliphatic hydroxyl groups is 1. The molecule has 0 aliphatic carbocycles. The SMILES string of the molecule is CCCCC/C=C\C/C=C\C/C=C\C/C=C\C/C=C\CCC(=O)O[C@H](COC(=O)CCC/C=C\C/C=C\C/C=C\C/C=C\CCCCC)COP(=O)(O)OC[C@@H](O)COP(=O)(O)OC[C@@H](COC(=O)CCCCCCCCCCCCCCC)OC(=O)CCC/C=C\C/C=C\C/C=C\C/C=C\CCCCC. The average Bonchev–Trinajstić information content (AvgIpc) is 0.899. The van der Waals surface area contributed by atoms with Gasteiger partial charge in [-0.25, -0.2) is 9.13 Å². The number of carbonyl (C=O) groups is 4. The van der Waals surface area contributed by atoms with Crippen LogP contribution < -0.4 is 0 Å². The monoisotopic (exact) mass is 1520 g/mol. The van der Waals surface area contributed by atoms with Gasteiger partial charge >= 0.3 is 39.5 Å². The Kier molecular flexibility index (Phi) is 73.9. The molecular weight excluding hydrogens is 1380 g/mol. The van der Waals surface area contributed by atoms with Crippen molar-refractivity contribution in [1.82, 2.24) is 0 Å². The molecule has 0 aliphatic heterocycles. The van der Waals surface area contributed by atoms with Crippen molar-refractivity contribution in [2.24, 2.45) is 0 Å². The lowest BCUT2D eigenvalue weighted by atomic mass is 10.0. The second-order valence-corrected chi connectivity index (χ2v) is 29.6. The largest absolute Gasteiger partial charge is 0.472 e. The zero-order chi connectivity index (χ0) is 77.4. The minimum absolute atomic E-state index is 0.0132. The molecule has 0 heterocycles. The fraction of sp³-hybridized carbons (Fsp3) is 0.655. The van der Waals surface area contributed by atoms with Gasteiger partial charge in [-0.05, 0) is 141 Å². The molecule has 2 unspecified atom stereocenters. The highest BCUT2D eigenvalue weighted by molar-refractivity contribution is 7.47. The van der Waals surface area contributed by atoms with Crippen molar-refractivity contribution in [2.45, 2.75) is 329 Å². The fourth-order valence-electron chi connectivity index (χ4n) is 10.2. The molecule has 0 radical (unpaired) electrons. The van der Waals surface area contributed by atoms with E-state index in [1.807, 2.05) is 42.5 Å². The van der Waals surface area contributed by atoms with Crippen LogP contribution in [0.25, 0.3) is 0 Å². The summed E-state index contributed by atoms with van der Waals surface area (Å²) in [5, 5.41) is 10.6.